The minimum atomic E-state index is -0.606. The van der Waals surface area contributed by atoms with Crippen LogP contribution >= 0.6 is 11.6 Å². The molecule has 4 rings (SSSR count). The molecule has 1 aliphatic rings. The van der Waals surface area contributed by atoms with Gasteiger partial charge in [-0.1, -0.05) is 49.7 Å². The lowest BCUT2D eigenvalue weighted by molar-refractivity contribution is -0.117. The quantitative estimate of drug-likeness (QED) is 0.270. The first-order valence-corrected chi connectivity index (χ1v) is 13.6. The first kappa shape index (κ1) is 29.2. The zero-order valence-corrected chi connectivity index (χ0v) is 23.7. The Labute approximate surface area is 237 Å². The van der Waals surface area contributed by atoms with Gasteiger partial charge in [-0.3, -0.25) is 19.1 Å². The smallest absolute Gasteiger partial charge is 0.273 e. The van der Waals surface area contributed by atoms with Crippen LogP contribution in [0.2, 0.25) is 5.02 Å². The highest BCUT2D eigenvalue weighted by molar-refractivity contribution is 6.31. The second-order valence-electron chi connectivity index (χ2n) is 10.1. The van der Waals surface area contributed by atoms with Crippen LogP contribution in [0, 0.1) is 24.5 Å². The van der Waals surface area contributed by atoms with E-state index in [9.17, 15) is 14.0 Å². The summed E-state index contributed by atoms with van der Waals surface area (Å²) in [5.74, 6) is -1.30. The predicted octanol–water partition coefficient (Wildman–Crippen LogP) is 7.84. The Bertz CT molecular complexity index is 1550. The molecule has 8 heteroatoms. The van der Waals surface area contributed by atoms with Gasteiger partial charge in [0, 0.05) is 29.6 Å². The van der Waals surface area contributed by atoms with Gasteiger partial charge in [-0.2, -0.15) is 0 Å². The largest absolute Gasteiger partial charge is 0.323 e. The molecule has 40 heavy (non-hydrogen) atoms. The second-order valence-corrected chi connectivity index (χ2v) is 10.5. The van der Waals surface area contributed by atoms with Crippen molar-refractivity contribution < 1.29 is 13.6 Å². The van der Waals surface area contributed by atoms with Gasteiger partial charge < -0.3 is 5.32 Å². The maximum Gasteiger partial charge on any atom is 0.273 e. The highest BCUT2D eigenvalue weighted by Gasteiger charge is 2.30. The predicted molar refractivity (Wildman–Crippen MR) is 158 cm³/mol. The van der Waals surface area contributed by atoms with Crippen LogP contribution in [0.3, 0.4) is 0 Å². The van der Waals surface area contributed by atoms with E-state index >= 15 is 4.39 Å². The normalized spacial score (nSPS) is 15.5. The van der Waals surface area contributed by atoms with Crippen molar-refractivity contribution in [3.8, 4) is 0 Å². The summed E-state index contributed by atoms with van der Waals surface area (Å²) in [6.07, 6.45) is 7.90. The van der Waals surface area contributed by atoms with Gasteiger partial charge in [-0.05, 0) is 86.1 Å². The van der Waals surface area contributed by atoms with Crippen LogP contribution in [0.4, 0.5) is 14.5 Å². The Morgan fingerprint density at radius 3 is 2.48 bits per heavy atom. The SMILES string of the molecule is C/C=C/N=C(/C=C/n1c(C)cc(C(C)[C@H](C)c2ccc(F)cc2)c(Cl)c1=O)c1cccc(NC(=O)C2CC2)c1F. The number of aryl methyl sites for hydroxylation is 1. The van der Waals surface area contributed by atoms with Gasteiger partial charge in [0.2, 0.25) is 5.91 Å². The van der Waals surface area contributed by atoms with Crippen LogP contribution in [0.1, 0.15) is 67.8 Å². The molecule has 2 aromatic carbocycles. The molecule has 0 saturated heterocycles. The Hall–Kier alpha value is -3.84. The zero-order chi connectivity index (χ0) is 29.0. The number of aromatic nitrogens is 1. The van der Waals surface area contributed by atoms with Crippen molar-refractivity contribution in [2.24, 2.45) is 10.9 Å². The number of hydrogen-bond acceptors (Lipinski definition) is 3. The minimum absolute atomic E-state index is 0.0153. The maximum atomic E-state index is 15.5. The van der Waals surface area contributed by atoms with E-state index in [1.807, 2.05) is 19.9 Å². The van der Waals surface area contributed by atoms with E-state index in [1.165, 1.54) is 35.2 Å². The first-order valence-electron chi connectivity index (χ1n) is 13.3. The molecule has 1 aromatic heterocycles. The monoisotopic (exact) mass is 563 g/mol. The van der Waals surface area contributed by atoms with Crippen molar-refractivity contribution in [3.05, 3.63) is 116 Å². The number of nitrogens with zero attached hydrogens (tertiary/aromatic N) is 2. The van der Waals surface area contributed by atoms with Gasteiger partial charge in [-0.25, -0.2) is 8.78 Å². The summed E-state index contributed by atoms with van der Waals surface area (Å²) in [5.41, 5.74) is 2.38. The minimum Gasteiger partial charge on any atom is -0.323 e. The number of anilines is 1. The number of pyridine rings is 1. The number of aliphatic imine (C=N–C) groups is 1. The van der Waals surface area contributed by atoms with Crippen molar-refractivity contribution in [1.29, 1.82) is 0 Å². The van der Waals surface area contributed by atoms with Crippen molar-refractivity contribution in [1.82, 2.24) is 4.57 Å². The van der Waals surface area contributed by atoms with E-state index in [0.29, 0.717) is 11.3 Å². The summed E-state index contributed by atoms with van der Waals surface area (Å²) < 4.78 is 30.2. The van der Waals surface area contributed by atoms with Crippen molar-refractivity contribution in [3.63, 3.8) is 0 Å². The van der Waals surface area contributed by atoms with E-state index in [0.717, 1.165) is 18.4 Å². The highest BCUT2D eigenvalue weighted by atomic mass is 35.5. The number of halogens is 3. The summed E-state index contributed by atoms with van der Waals surface area (Å²) in [6, 6.07) is 12.9. The fourth-order valence-corrected chi connectivity index (χ4v) is 4.81. The number of benzene rings is 2. The Morgan fingerprint density at radius 2 is 1.82 bits per heavy atom. The second kappa shape index (κ2) is 12.6. The Kier molecular flexibility index (Phi) is 9.15. The molecule has 3 aromatic rings. The number of hydrogen-bond donors (Lipinski definition) is 1. The highest BCUT2D eigenvalue weighted by Crippen LogP contribution is 2.35. The molecule has 208 valence electrons. The average molecular weight is 564 g/mol. The molecule has 1 heterocycles. The van der Waals surface area contributed by atoms with Gasteiger partial charge >= 0.3 is 0 Å². The molecule has 0 bridgehead atoms. The third-order valence-corrected chi connectivity index (χ3v) is 7.65. The molecule has 5 nitrogen and oxygen atoms in total. The lowest BCUT2D eigenvalue weighted by Gasteiger charge is -2.23. The molecule has 0 spiro atoms. The average Bonchev–Trinajstić information content (AvgIpc) is 3.79. The van der Waals surface area contributed by atoms with Crippen LogP contribution in [-0.2, 0) is 4.79 Å². The van der Waals surface area contributed by atoms with Crippen molar-refractivity contribution >= 4 is 35.1 Å². The molecule has 1 aliphatic carbocycles. The van der Waals surface area contributed by atoms with E-state index in [2.05, 4.69) is 10.3 Å². The van der Waals surface area contributed by atoms with Crippen molar-refractivity contribution in [2.75, 3.05) is 5.32 Å². The topological polar surface area (TPSA) is 63.5 Å². The molecule has 2 atom stereocenters. The molecular weight excluding hydrogens is 532 g/mol. The lowest BCUT2D eigenvalue weighted by atomic mass is 9.84. The summed E-state index contributed by atoms with van der Waals surface area (Å²) in [4.78, 5) is 29.9. The van der Waals surface area contributed by atoms with E-state index in [1.54, 1.807) is 50.3 Å². The zero-order valence-electron chi connectivity index (χ0n) is 22.9. The number of allylic oxidation sites excluding steroid dienone is 2. The standard InChI is InChI=1S/C32H32ClF2N3O2/c1-5-16-36-27(25-7-6-8-28(30(25)35)37-31(39)23-9-10-23)15-17-38-19(2)18-26(29(33)32(38)40)21(4)20(3)22-11-13-24(34)14-12-22/h5-8,11-18,20-21,23H,9-10H2,1-4H3,(H,37,39)/b16-5+,17-15+,36-27-/t20-,21?/m0/s1. The molecule has 1 unspecified atom stereocenters. The van der Waals surface area contributed by atoms with Gasteiger partial charge in [0.15, 0.2) is 5.82 Å². The van der Waals surface area contributed by atoms with Gasteiger partial charge in [0.1, 0.15) is 10.8 Å². The molecule has 1 saturated carbocycles. The van der Waals surface area contributed by atoms with Gasteiger partial charge in [0.05, 0.1) is 11.4 Å². The number of amides is 1. The molecule has 0 aliphatic heterocycles. The van der Waals surface area contributed by atoms with Gasteiger partial charge in [0.25, 0.3) is 5.56 Å². The fraction of sp³-hybridized carbons (Fsp3) is 0.281. The van der Waals surface area contributed by atoms with Crippen LogP contribution in [0.15, 0.2) is 76.7 Å². The molecule has 1 fully saturated rings. The number of rotatable bonds is 9. The lowest BCUT2D eigenvalue weighted by Crippen LogP contribution is -2.22. The first-order chi connectivity index (χ1) is 19.1. The van der Waals surface area contributed by atoms with E-state index < -0.39 is 11.4 Å². The molecule has 1 amide bonds. The van der Waals surface area contributed by atoms with Gasteiger partial charge in [-0.15, -0.1) is 0 Å². The number of carbonyl (C=O) groups excluding carboxylic acids is 1. The summed E-state index contributed by atoms with van der Waals surface area (Å²) in [6.45, 7) is 7.57. The third-order valence-electron chi connectivity index (χ3n) is 7.27. The Balaban J connectivity index is 1.66. The van der Waals surface area contributed by atoms with Crippen LogP contribution in [0.5, 0.6) is 0 Å². The van der Waals surface area contributed by atoms with Crippen LogP contribution in [-0.4, -0.2) is 16.2 Å². The summed E-state index contributed by atoms with van der Waals surface area (Å²) in [7, 11) is 0. The molecule has 1 N–H and O–H groups in total. The molecular formula is C32H32ClF2N3O2. The number of carbonyl (C=O) groups is 1. The number of nitrogens with one attached hydrogen (secondary N) is 1. The molecule has 0 radical (unpaired) electrons. The van der Waals surface area contributed by atoms with Crippen LogP contribution < -0.4 is 10.9 Å². The fourth-order valence-electron chi connectivity index (χ4n) is 4.50. The van der Waals surface area contributed by atoms with Crippen LogP contribution in [0.25, 0.3) is 6.20 Å². The summed E-state index contributed by atoms with van der Waals surface area (Å²) in [5, 5.41) is 2.74. The van der Waals surface area contributed by atoms with E-state index in [4.69, 9.17) is 11.6 Å². The third kappa shape index (κ3) is 6.48. The summed E-state index contributed by atoms with van der Waals surface area (Å²) >= 11 is 6.59. The Morgan fingerprint density at radius 1 is 1.12 bits per heavy atom. The van der Waals surface area contributed by atoms with Crippen molar-refractivity contribution in [2.45, 2.75) is 52.4 Å². The maximum absolute atomic E-state index is 15.5. The van der Waals surface area contributed by atoms with E-state index in [-0.39, 0.29) is 51.5 Å².